The van der Waals surface area contributed by atoms with Crippen molar-refractivity contribution in [3.05, 3.63) is 93.4 Å². The summed E-state index contributed by atoms with van der Waals surface area (Å²) in [4.78, 5) is 26.3. The van der Waals surface area contributed by atoms with Crippen molar-refractivity contribution < 1.29 is 28.5 Å². The topological polar surface area (TPSA) is 71.1 Å². The van der Waals surface area contributed by atoms with Crippen molar-refractivity contribution in [1.29, 1.82) is 0 Å². The number of allylic oxidation sites excluding steroid dienone is 2. The van der Waals surface area contributed by atoms with Crippen molar-refractivity contribution in [3.8, 4) is 0 Å². The Bertz CT molecular complexity index is 1100. The van der Waals surface area contributed by atoms with Crippen LogP contribution in [0, 0.1) is 0 Å². The van der Waals surface area contributed by atoms with Crippen LogP contribution in [-0.2, 0) is 28.5 Å². The number of carbonyl (C=O) groups excluding carboxylic acids is 2. The van der Waals surface area contributed by atoms with Crippen LogP contribution in [-0.4, -0.2) is 40.4 Å². The first-order chi connectivity index (χ1) is 15.6. The summed E-state index contributed by atoms with van der Waals surface area (Å²) < 4.78 is 22.3. The lowest BCUT2D eigenvalue weighted by molar-refractivity contribution is -0.137. The molecule has 164 valence electrons. The molecule has 0 amide bonds. The molecule has 32 heavy (non-hydrogen) atoms. The number of rotatable bonds is 4. The first-order valence-electron chi connectivity index (χ1n) is 10.5. The minimum absolute atomic E-state index is 0.414. The second-order valence-corrected chi connectivity index (χ2v) is 8.12. The highest BCUT2D eigenvalue weighted by Gasteiger charge is 2.56. The Kier molecular flexibility index (Phi) is 4.81. The fraction of sp³-hybridized carbons (Fsp3) is 0.308. The van der Waals surface area contributed by atoms with E-state index in [0.29, 0.717) is 22.7 Å². The summed E-state index contributed by atoms with van der Waals surface area (Å²) in [6.45, 7) is 0. The molecule has 0 saturated carbocycles. The van der Waals surface area contributed by atoms with Gasteiger partial charge in [-0.05, 0) is 22.3 Å². The van der Waals surface area contributed by atoms with Crippen LogP contribution in [0.15, 0.2) is 71.2 Å². The van der Waals surface area contributed by atoms with Gasteiger partial charge in [-0.15, -0.1) is 0 Å². The lowest BCUT2D eigenvalue weighted by Gasteiger charge is -2.48. The van der Waals surface area contributed by atoms with Gasteiger partial charge in [0.25, 0.3) is 0 Å². The Morgan fingerprint density at radius 2 is 0.875 bits per heavy atom. The first kappa shape index (κ1) is 20.4. The number of benzene rings is 2. The van der Waals surface area contributed by atoms with Gasteiger partial charge in [0.15, 0.2) is 0 Å². The first-order valence-corrected chi connectivity index (χ1v) is 10.5. The largest absolute Gasteiger partial charge is 0.500 e. The smallest absolute Gasteiger partial charge is 0.337 e. The molecular weight excluding hydrogens is 408 g/mol. The van der Waals surface area contributed by atoms with Crippen molar-refractivity contribution >= 4 is 11.9 Å². The van der Waals surface area contributed by atoms with Gasteiger partial charge in [0.1, 0.15) is 11.5 Å². The third-order valence-corrected chi connectivity index (χ3v) is 6.97. The molecule has 6 heteroatoms. The average molecular weight is 432 g/mol. The number of carbonyl (C=O) groups is 2. The third kappa shape index (κ3) is 2.52. The number of ether oxygens (including phenoxy) is 4. The van der Waals surface area contributed by atoms with Gasteiger partial charge in [-0.1, -0.05) is 48.5 Å². The zero-order valence-electron chi connectivity index (χ0n) is 18.4. The number of hydrogen-bond acceptors (Lipinski definition) is 6. The number of hydrogen-bond donors (Lipinski definition) is 0. The number of fused-ring (bicyclic) bond motifs is 2. The highest BCUT2D eigenvalue weighted by Crippen LogP contribution is 2.64. The van der Waals surface area contributed by atoms with E-state index in [1.165, 1.54) is 14.2 Å². The summed E-state index contributed by atoms with van der Waals surface area (Å²) in [5, 5.41) is 0. The van der Waals surface area contributed by atoms with Crippen molar-refractivity contribution in [2.24, 2.45) is 0 Å². The summed E-state index contributed by atoms with van der Waals surface area (Å²) >= 11 is 0. The monoisotopic (exact) mass is 432 g/mol. The maximum atomic E-state index is 13.1. The summed E-state index contributed by atoms with van der Waals surface area (Å²) in [5.74, 6) is -1.53. The Morgan fingerprint density at radius 3 is 1.16 bits per heavy atom. The Hall–Kier alpha value is -3.54. The van der Waals surface area contributed by atoms with E-state index >= 15 is 0 Å². The Morgan fingerprint density at radius 1 is 0.562 bits per heavy atom. The predicted molar refractivity (Wildman–Crippen MR) is 116 cm³/mol. The summed E-state index contributed by atoms with van der Waals surface area (Å²) in [6, 6.07) is 16.0. The van der Waals surface area contributed by atoms with E-state index in [-0.39, 0.29) is 0 Å². The predicted octanol–water partition coefficient (Wildman–Crippen LogP) is 3.91. The molecule has 0 N–H and O–H groups in total. The average Bonchev–Trinajstić information content (AvgIpc) is 2.83. The number of methoxy groups -OCH3 is 4. The van der Waals surface area contributed by atoms with Gasteiger partial charge < -0.3 is 18.9 Å². The fourth-order valence-electron chi connectivity index (χ4n) is 5.89. The van der Waals surface area contributed by atoms with Crippen LogP contribution in [0.5, 0.6) is 0 Å². The molecule has 5 rings (SSSR count). The van der Waals surface area contributed by atoms with E-state index in [4.69, 9.17) is 18.9 Å². The highest BCUT2D eigenvalue weighted by atomic mass is 16.5. The molecule has 6 nitrogen and oxygen atoms in total. The van der Waals surface area contributed by atoms with Crippen molar-refractivity contribution in [3.63, 3.8) is 0 Å². The van der Waals surface area contributed by atoms with E-state index in [2.05, 4.69) is 0 Å². The molecule has 3 aliphatic carbocycles. The SMILES string of the molecule is COC(=O)C1=C(OC)C2c3ccccc3C1C1C(OC)=C(C(=O)OC)C2c2ccccc21. The lowest BCUT2D eigenvalue weighted by atomic mass is 9.56. The minimum atomic E-state index is -0.443. The Balaban J connectivity index is 1.95. The maximum Gasteiger partial charge on any atom is 0.337 e. The zero-order valence-corrected chi connectivity index (χ0v) is 18.4. The van der Waals surface area contributed by atoms with Crippen LogP contribution in [0.25, 0.3) is 0 Å². The van der Waals surface area contributed by atoms with Crippen molar-refractivity contribution in [2.45, 2.75) is 23.7 Å². The van der Waals surface area contributed by atoms with Crippen LogP contribution in [0.2, 0.25) is 0 Å². The van der Waals surface area contributed by atoms with Gasteiger partial charge in [-0.2, -0.15) is 0 Å². The normalized spacial score (nSPS) is 24.9. The van der Waals surface area contributed by atoms with Crippen molar-refractivity contribution in [1.82, 2.24) is 0 Å². The molecule has 4 bridgehead atoms. The van der Waals surface area contributed by atoms with Crippen LogP contribution in [0.4, 0.5) is 0 Å². The molecule has 0 fully saturated rings. The molecule has 2 aromatic carbocycles. The quantitative estimate of drug-likeness (QED) is 0.683. The van der Waals surface area contributed by atoms with E-state index in [1.807, 2.05) is 48.5 Å². The third-order valence-electron chi connectivity index (χ3n) is 6.97. The summed E-state index contributed by atoms with van der Waals surface area (Å²) in [6.07, 6.45) is 0. The lowest BCUT2D eigenvalue weighted by Crippen LogP contribution is -2.40. The van der Waals surface area contributed by atoms with Gasteiger partial charge in [0.05, 0.1) is 51.4 Å². The minimum Gasteiger partial charge on any atom is -0.500 e. The Labute approximate surface area is 186 Å². The van der Waals surface area contributed by atoms with Gasteiger partial charge in [0.2, 0.25) is 0 Å². The van der Waals surface area contributed by atoms with Crippen LogP contribution >= 0.6 is 0 Å². The van der Waals surface area contributed by atoms with Gasteiger partial charge in [-0.3, -0.25) is 0 Å². The highest BCUT2D eigenvalue weighted by molar-refractivity contribution is 5.96. The molecule has 0 heterocycles. The molecule has 0 aliphatic heterocycles. The molecule has 4 unspecified atom stereocenters. The van der Waals surface area contributed by atoms with E-state index in [9.17, 15) is 9.59 Å². The van der Waals surface area contributed by atoms with Crippen LogP contribution in [0.3, 0.4) is 0 Å². The maximum absolute atomic E-state index is 13.1. The van der Waals surface area contributed by atoms with Gasteiger partial charge in [0, 0.05) is 11.8 Å². The molecule has 0 radical (unpaired) electrons. The molecule has 4 atom stereocenters. The van der Waals surface area contributed by atoms with Crippen molar-refractivity contribution in [2.75, 3.05) is 28.4 Å². The standard InChI is InChI=1S/C26H24O6/c1-29-23-19-15-11-7-5-9-13(15)18(21(23)25(27)31-3)20-16-12-8-6-10-14(16)17(19)22(24(20)30-2)26(28)32-4/h5-12,17-20H,1-4H3. The summed E-state index contributed by atoms with van der Waals surface area (Å²) in [7, 11) is 5.88. The van der Waals surface area contributed by atoms with E-state index < -0.39 is 35.6 Å². The van der Waals surface area contributed by atoms with Gasteiger partial charge in [-0.25, -0.2) is 9.59 Å². The number of esters is 2. The molecular formula is C26H24O6. The summed E-state index contributed by atoms with van der Waals surface area (Å²) in [5.41, 5.74) is 5.04. The molecule has 0 spiro atoms. The zero-order chi connectivity index (χ0) is 22.6. The van der Waals surface area contributed by atoms with E-state index in [0.717, 1.165) is 22.3 Å². The molecule has 0 aromatic heterocycles. The molecule has 3 aliphatic rings. The second kappa shape index (κ2) is 7.55. The molecule has 2 aromatic rings. The molecule has 0 saturated heterocycles. The van der Waals surface area contributed by atoms with E-state index in [1.54, 1.807) is 14.2 Å². The second-order valence-electron chi connectivity index (χ2n) is 8.12. The fourth-order valence-corrected chi connectivity index (χ4v) is 5.89. The van der Waals surface area contributed by atoms with Crippen LogP contribution in [0.1, 0.15) is 45.9 Å². The van der Waals surface area contributed by atoms with Crippen LogP contribution < -0.4 is 0 Å². The van der Waals surface area contributed by atoms with Gasteiger partial charge >= 0.3 is 11.9 Å².